The largest absolute Gasteiger partial charge is 0.462 e. The highest BCUT2D eigenvalue weighted by atomic mass is 32.2. The van der Waals surface area contributed by atoms with E-state index in [0.717, 1.165) is 11.1 Å². The van der Waals surface area contributed by atoms with Crippen LogP contribution in [0.3, 0.4) is 0 Å². The summed E-state index contributed by atoms with van der Waals surface area (Å²) < 4.78 is 34.2. The highest BCUT2D eigenvalue weighted by Crippen LogP contribution is 2.30. The maximum Gasteiger partial charge on any atom is 0.338 e. The first-order valence-corrected chi connectivity index (χ1v) is 14.0. The zero-order chi connectivity index (χ0) is 28.0. The van der Waals surface area contributed by atoms with Crippen molar-refractivity contribution in [1.29, 1.82) is 0 Å². The molecule has 0 heterocycles. The number of hydrogen-bond acceptors (Lipinski definition) is 5. The Morgan fingerprint density at radius 3 is 2.18 bits per heavy atom. The minimum atomic E-state index is -4.02. The van der Waals surface area contributed by atoms with Crippen molar-refractivity contribution in [2.45, 2.75) is 32.2 Å². The number of rotatable bonds is 9. The number of carbonyl (C=O) groups is 2. The van der Waals surface area contributed by atoms with Crippen LogP contribution in [0.2, 0.25) is 0 Å². The van der Waals surface area contributed by atoms with E-state index in [2.05, 4.69) is 5.32 Å². The monoisotopic (exact) mass is 542 g/mol. The summed E-state index contributed by atoms with van der Waals surface area (Å²) in [4.78, 5) is 25.8. The number of aryl methyl sites for hydroxylation is 2. The number of hydrogen-bond donors (Lipinski definition) is 1. The molecular weight excluding hydrogens is 512 g/mol. The van der Waals surface area contributed by atoms with Crippen LogP contribution in [0.5, 0.6) is 0 Å². The molecule has 0 atom stereocenters. The first kappa shape index (κ1) is 27.6. The molecule has 1 amide bonds. The van der Waals surface area contributed by atoms with E-state index in [-0.39, 0.29) is 29.3 Å². The molecule has 4 aromatic carbocycles. The third-order valence-electron chi connectivity index (χ3n) is 6.18. The van der Waals surface area contributed by atoms with Crippen LogP contribution in [0.1, 0.15) is 44.3 Å². The quantitative estimate of drug-likeness (QED) is 0.257. The summed E-state index contributed by atoms with van der Waals surface area (Å²) in [6.45, 7) is 5.69. The third-order valence-corrected chi connectivity index (χ3v) is 7.96. The molecule has 0 saturated carbocycles. The maximum atomic E-state index is 13.9. The number of para-hydroxylation sites is 1. The standard InChI is InChI=1S/C31H30N2O5S/c1-4-38-31(35)25-16-19-28(23(3)20-25)32-30(34)27-12-8-9-13-29(27)33(21-24-10-6-5-7-11-24)39(36,37)26-17-14-22(2)15-18-26/h5-20H,4,21H2,1-3H3,(H,32,34). The summed E-state index contributed by atoms with van der Waals surface area (Å²) in [6.07, 6.45) is 0. The maximum absolute atomic E-state index is 13.9. The lowest BCUT2D eigenvalue weighted by Gasteiger charge is -2.27. The Labute approximate surface area is 229 Å². The zero-order valence-corrected chi connectivity index (χ0v) is 22.9. The number of ether oxygens (including phenoxy) is 1. The predicted molar refractivity (Wildman–Crippen MR) is 153 cm³/mol. The zero-order valence-electron chi connectivity index (χ0n) is 22.0. The van der Waals surface area contributed by atoms with Crippen molar-refractivity contribution in [1.82, 2.24) is 0 Å². The van der Waals surface area contributed by atoms with Crippen molar-refractivity contribution in [2.24, 2.45) is 0 Å². The van der Waals surface area contributed by atoms with E-state index in [1.54, 1.807) is 80.6 Å². The van der Waals surface area contributed by atoms with Crippen molar-refractivity contribution in [3.05, 3.63) is 125 Å². The van der Waals surface area contributed by atoms with Crippen LogP contribution in [0.25, 0.3) is 0 Å². The van der Waals surface area contributed by atoms with E-state index in [1.165, 1.54) is 4.31 Å². The Hall–Kier alpha value is -4.43. The Morgan fingerprint density at radius 1 is 0.846 bits per heavy atom. The van der Waals surface area contributed by atoms with Crippen LogP contribution in [-0.2, 0) is 21.3 Å². The van der Waals surface area contributed by atoms with E-state index in [4.69, 9.17) is 4.74 Å². The summed E-state index contributed by atoms with van der Waals surface area (Å²) in [5.41, 5.74) is 3.70. The van der Waals surface area contributed by atoms with Gasteiger partial charge < -0.3 is 10.1 Å². The molecule has 0 aliphatic carbocycles. The van der Waals surface area contributed by atoms with Gasteiger partial charge in [-0.3, -0.25) is 9.10 Å². The molecule has 4 aromatic rings. The van der Waals surface area contributed by atoms with Crippen molar-refractivity contribution in [3.63, 3.8) is 0 Å². The number of nitrogens with zero attached hydrogens (tertiary/aromatic N) is 1. The SMILES string of the molecule is CCOC(=O)c1ccc(NC(=O)c2ccccc2N(Cc2ccccc2)S(=O)(=O)c2ccc(C)cc2)c(C)c1. The predicted octanol–water partition coefficient (Wildman–Crippen LogP) is 6.13. The lowest BCUT2D eigenvalue weighted by Crippen LogP contribution is -2.32. The number of nitrogens with one attached hydrogen (secondary N) is 1. The molecule has 0 spiro atoms. The van der Waals surface area contributed by atoms with Gasteiger partial charge in [-0.2, -0.15) is 0 Å². The van der Waals surface area contributed by atoms with Gasteiger partial charge in [0.2, 0.25) is 0 Å². The summed E-state index contributed by atoms with van der Waals surface area (Å²) in [5, 5.41) is 2.87. The Kier molecular flexibility index (Phi) is 8.46. The summed E-state index contributed by atoms with van der Waals surface area (Å²) >= 11 is 0. The first-order chi connectivity index (χ1) is 18.7. The summed E-state index contributed by atoms with van der Waals surface area (Å²) in [5.74, 6) is -0.920. The second-order valence-electron chi connectivity index (χ2n) is 9.03. The highest BCUT2D eigenvalue weighted by Gasteiger charge is 2.29. The third kappa shape index (κ3) is 6.35. The van der Waals surface area contributed by atoms with Gasteiger partial charge in [0.15, 0.2) is 0 Å². The Balaban J connectivity index is 1.73. The number of esters is 1. The summed E-state index contributed by atoms with van der Waals surface area (Å²) in [6, 6.07) is 27.3. The fourth-order valence-corrected chi connectivity index (χ4v) is 5.58. The molecule has 200 valence electrons. The van der Waals surface area contributed by atoms with Crippen LogP contribution in [0.4, 0.5) is 11.4 Å². The lowest BCUT2D eigenvalue weighted by molar-refractivity contribution is 0.0526. The molecule has 0 aromatic heterocycles. The minimum Gasteiger partial charge on any atom is -0.462 e. The molecular formula is C31H30N2O5S. The molecule has 0 unspecified atom stereocenters. The van der Waals surface area contributed by atoms with Crippen LogP contribution in [-0.4, -0.2) is 26.9 Å². The number of carbonyl (C=O) groups excluding carboxylic acids is 2. The molecule has 0 saturated heterocycles. The molecule has 7 nitrogen and oxygen atoms in total. The van der Waals surface area contributed by atoms with E-state index < -0.39 is 21.9 Å². The first-order valence-electron chi connectivity index (χ1n) is 12.5. The average Bonchev–Trinajstić information content (AvgIpc) is 2.93. The van der Waals surface area contributed by atoms with Gasteiger partial charge in [-0.25, -0.2) is 13.2 Å². The molecule has 0 aliphatic rings. The minimum absolute atomic E-state index is 0.0363. The molecule has 0 aliphatic heterocycles. The van der Waals surface area contributed by atoms with E-state index >= 15 is 0 Å². The van der Waals surface area contributed by atoms with Crippen LogP contribution in [0, 0.1) is 13.8 Å². The van der Waals surface area contributed by atoms with Crippen molar-refractivity contribution in [3.8, 4) is 0 Å². The van der Waals surface area contributed by atoms with Gasteiger partial charge in [0.1, 0.15) is 0 Å². The second-order valence-corrected chi connectivity index (χ2v) is 10.9. The Morgan fingerprint density at radius 2 is 1.51 bits per heavy atom. The van der Waals surface area contributed by atoms with Gasteiger partial charge in [-0.05, 0) is 74.4 Å². The molecule has 4 rings (SSSR count). The van der Waals surface area contributed by atoms with Crippen LogP contribution >= 0.6 is 0 Å². The average molecular weight is 543 g/mol. The van der Waals surface area contributed by atoms with Crippen molar-refractivity contribution in [2.75, 3.05) is 16.2 Å². The second kappa shape index (κ2) is 12.0. The number of amides is 1. The number of anilines is 2. The molecule has 0 bridgehead atoms. The van der Waals surface area contributed by atoms with E-state index in [0.29, 0.717) is 16.8 Å². The fourth-order valence-electron chi connectivity index (χ4n) is 4.10. The molecule has 39 heavy (non-hydrogen) atoms. The summed E-state index contributed by atoms with van der Waals surface area (Å²) in [7, 11) is -4.02. The fraction of sp³-hybridized carbons (Fsp3) is 0.161. The molecule has 0 fully saturated rings. The van der Waals surface area contributed by atoms with E-state index in [1.807, 2.05) is 37.3 Å². The smallest absolute Gasteiger partial charge is 0.338 e. The lowest BCUT2D eigenvalue weighted by atomic mass is 10.1. The van der Waals surface area contributed by atoms with Crippen LogP contribution < -0.4 is 9.62 Å². The van der Waals surface area contributed by atoms with Gasteiger partial charge in [0.05, 0.1) is 34.9 Å². The van der Waals surface area contributed by atoms with Gasteiger partial charge in [-0.15, -0.1) is 0 Å². The van der Waals surface area contributed by atoms with Gasteiger partial charge >= 0.3 is 5.97 Å². The molecule has 8 heteroatoms. The normalized spacial score (nSPS) is 11.1. The molecule has 1 N–H and O–H groups in total. The van der Waals surface area contributed by atoms with E-state index in [9.17, 15) is 18.0 Å². The number of sulfonamides is 1. The highest BCUT2D eigenvalue weighted by molar-refractivity contribution is 7.92. The van der Waals surface area contributed by atoms with Crippen molar-refractivity contribution >= 4 is 33.3 Å². The Bertz CT molecular complexity index is 1580. The van der Waals surface area contributed by atoms with Gasteiger partial charge in [-0.1, -0.05) is 60.2 Å². The number of benzene rings is 4. The van der Waals surface area contributed by atoms with Crippen LogP contribution in [0.15, 0.2) is 102 Å². The van der Waals surface area contributed by atoms with Gasteiger partial charge in [0.25, 0.3) is 15.9 Å². The topological polar surface area (TPSA) is 92.8 Å². The van der Waals surface area contributed by atoms with Crippen molar-refractivity contribution < 1.29 is 22.7 Å². The van der Waals surface area contributed by atoms with Gasteiger partial charge in [0, 0.05) is 5.69 Å². The molecule has 0 radical (unpaired) electrons.